The van der Waals surface area contributed by atoms with Crippen LogP contribution in [0.4, 0.5) is 11.4 Å². The number of non-ortho nitro benzene ring substituents is 1. The predicted molar refractivity (Wildman–Crippen MR) is 133 cm³/mol. The number of hydrogen-bond donors (Lipinski definition) is 2. The van der Waals surface area contributed by atoms with Crippen molar-refractivity contribution in [3.8, 4) is 5.75 Å². The van der Waals surface area contributed by atoms with Gasteiger partial charge in [-0.3, -0.25) is 19.7 Å². The molecule has 0 aromatic heterocycles. The van der Waals surface area contributed by atoms with Crippen LogP contribution < -0.4 is 15.4 Å². The lowest BCUT2D eigenvalue weighted by atomic mass is 10.1. The van der Waals surface area contributed by atoms with E-state index < -0.39 is 22.7 Å². The topological polar surface area (TPSA) is 137 Å². The van der Waals surface area contributed by atoms with E-state index in [9.17, 15) is 24.5 Å². The van der Waals surface area contributed by atoms with E-state index in [0.717, 1.165) is 0 Å². The average molecular weight is 489 g/mol. The molecule has 10 heteroatoms. The van der Waals surface area contributed by atoms with Gasteiger partial charge in [0, 0.05) is 23.4 Å². The SMILES string of the molecule is CCOC(=O)c1ccc(NC(=O)/C(=C\c2ccc([N+](=O)[O-])cc2)NC(=O)c2ccc(OC)cc2)cc1. The Morgan fingerprint density at radius 3 is 2.08 bits per heavy atom. The molecule has 0 aliphatic heterocycles. The molecule has 0 radical (unpaired) electrons. The molecule has 36 heavy (non-hydrogen) atoms. The molecule has 184 valence electrons. The number of nitrogens with one attached hydrogen (secondary N) is 2. The number of methoxy groups -OCH3 is 1. The summed E-state index contributed by atoms with van der Waals surface area (Å²) < 4.78 is 10.0. The molecule has 2 N–H and O–H groups in total. The zero-order valence-corrected chi connectivity index (χ0v) is 19.5. The minimum atomic E-state index is -0.640. The van der Waals surface area contributed by atoms with Crippen LogP contribution in [0.15, 0.2) is 78.5 Å². The molecule has 0 aliphatic carbocycles. The number of anilines is 1. The summed E-state index contributed by atoms with van der Waals surface area (Å²) in [7, 11) is 1.50. The van der Waals surface area contributed by atoms with Crippen LogP contribution in [-0.2, 0) is 9.53 Å². The van der Waals surface area contributed by atoms with Crippen molar-refractivity contribution in [2.45, 2.75) is 6.92 Å². The molecule has 0 aliphatic rings. The van der Waals surface area contributed by atoms with E-state index in [1.165, 1.54) is 61.7 Å². The van der Waals surface area contributed by atoms with Gasteiger partial charge < -0.3 is 20.1 Å². The molecule has 0 heterocycles. The maximum Gasteiger partial charge on any atom is 0.338 e. The van der Waals surface area contributed by atoms with E-state index in [4.69, 9.17) is 9.47 Å². The zero-order valence-electron chi connectivity index (χ0n) is 19.5. The van der Waals surface area contributed by atoms with Gasteiger partial charge in [-0.1, -0.05) is 0 Å². The van der Waals surface area contributed by atoms with Gasteiger partial charge in [-0.2, -0.15) is 0 Å². The maximum absolute atomic E-state index is 13.1. The molecule has 3 rings (SSSR count). The highest BCUT2D eigenvalue weighted by Crippen LogP contribution is 2.17. The van der Waals surface area contributed by atoms with Crippen molar-refractivity contribution in [2.75, 3.05) is 19.0 Å². The zero-order chi connectivity index (χ0) is 26.1. The summed E-state index contributed by atoms with van der Waals surface area (Å²) in [6.45, 7) is 1.94. The normalized spacial score (nSPS) is 10.8. The van der Waals surface area contributed by atoms with Crippen LogP contribution in [0.5, 0.6) is 5.75 Å². The number of rotatable bonds is 9. The Hall–Kier alpha value is -4.99. The first-order valence-corrected chi connectivity index (χ1v) is 10.8. The van der Waals surface area contributed by atoms with Crippen LogP contribution in [0.25, 0.3) is 6.08 Å². The molecule has 0 fully saturated rings. The third-order valence-corrected chi connectivity index (χ3v) is 4.91. The van der Waals surface area contributed by atoms with Gasteiger partial charge in [-0.15, -0.1) is 0 Å². The Labute approximate surface area is 206 Å². The lowest BCUT2D eigenvalue weighted by Gasteiger charge is -2.12. The Morgan fingerprint density at radius 2 is 1.53 bits per heavy atom. The number of carbonyl (C=O) groups excluding carboxylic acids is 3. The molecule has 10 nitrogen and oxygen atoms in total. The Balaban J connectivity index is 1.85. The monoisotopic (exact) mass is 489 g/mol. The number of nitro benzene ring substituents is 1. The van der Waals surface area contributed by atoms with E-state index in [-0.39, 0.29) is 23.6 Å². The van der Waals surface area contributed by atoms with Crippen LogP contribution in [0.3, 0.4) is 0 Å². The highest BCUT2D eigenvalue weighted by molar-refractivity contribution is 6.10. The molecule has 0 spiro atoms. The van der Waals surface area contributed by atoms with Crippen molar-refractivity contribution < 1.29 is 28.8 Å². The highest BCUT2D eigenvalue weighted by atomic mass is 16.6. The fourth-order valence-electron chi connectivity index (χ4n) is 3.06. The Morgan fingerprint density at radius 1 is 0.917 bits per heavy atom. The smallest absolute Gasteiger partial charge is 0.338 e. The third-order valence-electron chi connectivity index (χ3n) is 4.91. The fourth-order valence-corrected chi connectivity index (χ4v) is 3.06. The van der Waals surface area contributed by atoms with E-state index in [1.54, 1.807) is 31.2 Å². The van der Waals surface area contributed by atoms with E-state index in [0.29, 0.717) is 22.6 Å². The summed E-state index contributed by atoms with van der Waals surface area (Å²) in [6.07, 6.45) is 1.40. The van der Waals surface area contributed by atoms with Gasteiger partial charge in [-0.25, -0.2) is 4.79 Å². The third kappa shape index (κ3) is 6.76. The largest absolute Gasteiger partial charge is 0.497 e. The van der Waals surface area contributed by atoms with E-state index in [1.807, 2.05) is 0 Å². The van der Waals surface area contributed by atoms with Crippen molar-refractivity contribution in [1.82, 2.24) is 5.32 Å². The lowest BCUT2D eigenvalue weighted by Crippen LogP contribution is -2.30. The van der Waals surface area contributed by atoms with Gasteiger partial charge in [0.2, 0.25) is 0 Å². The molecule has 3 aromatic rings. The van der Waals surface area contributed by atoms with Gasteiger partial charge in [-0.05, 0) is 79.2 Å². The molecule has 0 atom stereocenters. The van der Waals surface area contributed by atoms with Gasteiger partial charge in [0.25, 0.3) is 17.5 Å². The number of carbonyl (C=O) groups is 3. The van der Waals surface area contributed by atoms with Crippen molar-refractivity contribution in [3.63, 3.8) is 0 Å². The van der Waals surface area contributed by atoms with Gasteiger partial charge in [0.15, 0.2) is 0 Å². The van der Waals surface area contributed by atoms with Crippen LogP contribution in [0.1, 0.15) is 33.2 Å². The number of hydrogen-bond acceptors (Lipinski definition) is 7. The second kappa shape index (κ2) is 11.9. The second-order valence-corrected chi connectivity index (χ2v) is 7.34. The summed E-state index contributed by atoms with van der Waals surface area (Å²) in [5.74, 6) is -1.10. The van der Waals surface area contributed by atoms with Gasteiger partial charge >= 0.3 is 5.97 Å². The van der Waals surface area contributed by atoms with Crippen molar-refractivity contribution in [3.05, 3.63) is 105 Å². The van der Waals surface area contributed by atoms with Crippen LogP contribution in [-0.4, -0.2) is 36.4 Å². The van der Waals surface area contributed by atoms with Gasteiger partial charge in [0.1, 0.15) is 11.4 Å². The standard InChI is InChI=1S/C26H23N3O7/c1-3-36-26(32)19-6-10-20(11-7-19)27-25(31)23(16-17-4-12-21(13-5-17)29(33)34)28-24(30)18-8-14-22(35-2)15-9-18/h4-16H,3H2,1-2H3,(H,27,31)(H,28,30)/b23-16+. The molecule has 0 saturated carbocycles. The maximum atomic E-state index is 13.1. The van der Waals surface area contributed by atoms with Crippen LogP contribution in [0.2, 0.25) is 0 Å². The van der Waals surface area contributed by atoms with E-state index >= 15 is 0 Å². The fraction of sp³-hybridized carbons (Fsp3) is 0.115. The van der Waals surface area contributed by atoms with E-state index in [2.05, 4.69) is 10.6 Å². The van der Waals surface area contributed by atoms with Crippen molar-refractivity contribution in [2.24, 2.45) is 0 Å². The summed E-state index contributed by atoms with van der Waals surface area (Å²) in [6, 6.07) is 17.9. The molecule has 2 amide bonds. The second-order valence-electron chi connectivity index (χ2n) is 7.34. The number of ether oxygens (including phenoxy) is 2. The quantitative estimate of drug-likeness (QED) is 0.199. The van der Waals surface area contributed by atoms with Crippen LogP contribution >= 0.6 is 0 Å². The number of amides is 2. The summed E-state index contributed by atoms with van der Waals surface area (Å²) in [5.41, 5.74) is 1.24. The molecule has 0 unspecified atom stereocenters. The average Bonchev–Trinajstić information content (AvgIpc) is 2.89. The lowest BCUT2D eigenvalue weighted by molar-refractivity contribution is -0.384. The molecule has 3 aromatic carbocycles. The molecular formula is C26H23N3O7. The minimum absolute atomic E-state index is 0.0980. The molecular weight excluding hydrogens is 466 g/mol. The molecule has 0 saturated heterocycles. The van der Waals surface area contributed by atoms with Gasteiger partial charge in [0.05, 0.1) is 24.2 Å². The first-order chi connectivity index (χ1) is 17.3. The van der Waals surface area contributed by atoms with Crippen LogP contribution in [0, 0.1) is 10.1 Å². The Kier molecular flexibility index (Phi) is 8.49. The number of nitrogens with zero attached hydrogens (tertiary/aromatic N) is 1. The Bertz CT molecular complexity index is 1280. The van der Waals surface area contributed by atoms with Crippen molar-refractivity contribution in [1.29, 1.82) is 0 Å². The number of benzene rings is 3. The van der Waals surface area contributed by atoms with Crippen molar-refractivity contribution >= 4 is 35.2 Å². The minimum Gasteiger partial charge on any atom is -0.497 e. The predicted octanol–water partition coefficient (Wildman–Crippen LogP) is 4.19. The highest BCUT2D eigenvalue weighted by Gasteiger charge is 2.16. The summed E-state index contributed by atoms with van der Waals surface area (Å²) >= 11 is 0. The number of esters is 1. The first kappa shape index (κ1) is 25.6. The number of nitro groups is 1. The molecule has 0 bridgehead atoms. The summed E-state index contributed by atoms with van der Waals surface area (Å²) in [4.78, 5) is 48.1. The summed E-state index contributed by atoms with van der Waals surface area (Å²) in [5, 5.41) is 16.2. The first-order valence-electron chi connectivity index (χ1n) is 10.8.